The molecular weight excluding hydrogens is 348 g/mol. The predicted octanol–water partition coefficient (Wildman–Crippen LogP) is 3.84. The monoisotopic (exact) mass is 370 g/mol. The van der Waals surface area contributed by atoms with Crippen LogP contribution in [0.5, 0.6) is 0 Å². The Bertz CT molecular complexity index is 784. The molecule has 0 aliphatic carbocycles. The fourth-order valence-electron chi connectivity index (χ4n) is 3.72. The summed E-state index contributed by atoms with van der Waals surface area (Å²) in [4.78, 5) is 27.2. The minimum Gasteiger partial charge on any atom is -0.368 e. The minimum absolute atomic E-state index is 0.0203. The van der Waals surface area contributed by atoms with Gasteiger partial charge in [-0.1, -0.05) is 6.07 Å². The molecule has 0 saturated carbocycles. The van der Waals surface area contributed by atoms with E-state index in [4.69, 9.17) is 4.74 Å². The quantitative estimate of drug-likeness (QED) is 0.889. The third-order valence-electron chi connectivity index (χ3n) is 5.04. The van der Waals surface area contributed by atoms with E-state index in [0.29, 0.717) is 17.9 Å². The normalized spacial score (nSPS) is 22.5. The van der Waals surface area contributed by atoms with E-state index < -0.39 is 0 Å². The van der Waals surface area contributed by atoms with Crippen LogP contribution in [0.1, 0.15) is 47.6 Å². The summed E-state index contributed by atoms with van der Waals surface area (Å²) in [5, 5.41) is 7.05. The van der Waals surface area contributed by atoms with Crippen molar-refractivity contribution in [1.29, 1.82) is 0 Å². The lowest BCUT2D eigenvalue weighted by molar-refractivity contribution is -0.124. The van der Waals surface area contributed by atoms with Crippen LogP contribution < -0.4 is 5.32 Å². The van der Waals surface area contributed by atoms with E-state index >= 15 is 0 Å². The van der Waals surface area contributed by atoms with E-state index in [1.807, 2.05) is 23.1 Å². The first-order valence-electron chi connectivity index (χ1n) is 9.08. The molecule has 2 aliphatic heterocycles. The van der Waals surface area contributed by atoms with Crippen molar-refractivity contribution in [2.24, 2.45) is 0 Å². The number of rotatable bonds is 4. The van der Waals surface area contributed by atoms with Gasteiger partial charge in [0.15, 0.2) is 0 Å². The number of thiophene rings is 1. The molecule has 3 heterocycles. The molecule has 2 aromatic rings. The summed E-state index contributed by atoms with van der Waals surface area (Å²) in [6, 6.07) is 9.45. The second-order valence-corrected chi connectivity index (χ2v) is 7.57. The molecule has 0 bridgehead atoms. The number of likely N-dealkylation sites (tertiary alicyclic amines) is 1. The molecular formula is C20H22N2O3S. The van der Waals surface area contributed by atoms with Gasteiger partial charge in [-0.2, -0.15) is 11.3 Å². The van der Waals surface area contributed by atoms with Crippen LogP contribution in [0.25, 0.3) is 0 Å². The fraction of sp³-hybridized carbons (Fsp3) is 0.400. The summed E-state index contributed by atoms with van der Waals surface area (Å²) in [5.41, 5.74) is 2.46. The van der Waals surface area contributed by atoms with Gasteiger partial charge in [-0.3, -0.25) is 9.59 Å². The Morgan fingerprint density at radius 1 is 1.19 bits per heavy atom. The van der Waals surface area contributed by atoms with E-state index in [9.17, 15) is 9.59 Å². The van der Waals surface area contributed by atoms with Gasteiger partial charge in [0.25, 0.3) is 11.8 Å². The maximum atomic E-state index is 13.0. The SMILES string of the molecule is O=C(Nc1cccc(C(=O)N2CCC[C@@H]2c2ccsc2)c1)[C@H]1CCCO1. The lowest BCUT2D eigenvalue weighted by atomic mass is 10.1. The number of carbonyl (C=O) groups excluding carboxylic acids is 2. The van der Waals surface area contributed by atoms with Crippen LogP contribution in [-0.4, -0.2) is 36.0 Å². The molecule has 4 rings (SSSR count). The molecule has 2 amide bonds. The molecule has 26 heavy (non-hydrogen) atoms. The molecule has 2 atom stereocenters. The number of hydrogen-bond donors (Lipinski definition) is 1. The van der Waals surface area contributed by atoms with Crippen LogP contribution >= 0.6 is 11.3 Å². The van der Waals surface area contributed by atoms with Crippen LogP contribution in [0.4, 0.5) is 5.69 Å². The largest absolute Gasteiger partial charge is 0.368 e. The van der Waals surface area contributed by atoms with Gasteiger partial charge in [-0.25, -0.2) is 0 Å². The maximum Gasteiger partial charge on any atom is 0.254 e. The summed E-state index contributed by atoms with van der Waals surface area (Å²) in [7, 11) is 0. The van der Waals surface area contributed by atoms with Crippen LogP contribution in [0.3, 0.4) is 0 Å². The van der Waals surface area contributed by atoms with Gasteiger partial charge < -0.3 is 15.0 Å². The average molecular weight is 370 g/mol. The molecule has 1 aromatic heterocycles. The number of benzene rings is 1. The fourth-order valence-corrected chi connectivity index (χ4v) is 4.43. The van der Waals surface area contributed by atoms with Crippen LogP contribution in [0.2, 0.25) is 0 Å². The standard InChI is InChI=1S/C20H22N2O3S/c23-19(18-7-3-10-25-18)21-16-5-1-4-14(12-16)20(24)22-9-2-6-17(22)15-8-11-26-13-15/h1,4-5,8,11-13,17-18H,2-3,6-7,9-10H2,(H,21,23)/t17-,18-/m1/s1. The molecule has 136 valence electrons. The van der Waals surface area contributed by atoms with Crippen molar-refractivity contribution < 1.29 is 14.3 Å². The molecule has 5 nitrogen and oxygen atoms in total. The van der Waals surface area contributed by atoms with Gasteiger partial charge >= 0.3 is 0 Å². The first-order chi connectivity index (χ1) is 12.7. The number of carbonyl (C=O) groups is 2. The smallest absolute Gasteiger partial charge is 0.254 e. The Kier molecular flexibility index (Phi) is 5.04. The molecule has 2 fully saturated rings. The average Bonchev–Trinajstić information content (AvgIpc) is 3.43. The molecule has 6 heteroatoms. The van der Waals surface area contributed by atoms with E-state index in [0.717, 1.165) is 32.2 Å². The lowest BCUT2D eigenvalue weighted by Gasteiger charge is -2.24. The van der Waals surface area contributed by atoms with Crippen LogP contribution in [-0.2, 0) is 9.53 Å². The number of ether oxygens (including phenoxy) is 1. The highest BCUT2D eigenvalue weighted by molar-refractivity contribution is 7.08. The summed E-state index contributed by atoms with van der Waals surface area (Å²) in [6.07, 6.45) is 3.30. The zero-order chi connectivity index (χ0) is 17.9. The van der Waals surface area contributed by atoms with Crippen LogP contribution in [0, 0.1) is 0 Å². The van der Waals surface area contributed by atoms with Crippen molar-refractivity contribution in [3.05, 3.63) is 52.2 Å². The molecule has 2 saturated heterocycles. The zero-order valence-electron chi connectivity index (χ0n) is 14.5. The summed E-state index contributed by atoms with van der Waals surface area (Å²) in [6.45, 7) is 1.40. The zero-order valence-corrected chi connectivity index (χ0v) is 15.3. The third kappa shape index (κ3) is 3.52. The number of amides is 2. The maximum absolute atomic E-state index is 13.0. The van der Waals surface area contributed by atoms with E-state index in [1.54, 1.807) is 17.4 Å². The summed E-state index contributed by atoms with van der Waals surface area (Å²) in [5.74, 6) is -0.115. The molecule has 1 aromatic carbocycles. The molecule has 0 unspecified atom stereocenters. The first-order valence-corrected chi connectivity index (χ1v) is 10.0. The van der Waals surface area contributed by atoms with Gasteiger partial charge in [-0.05, 0) is 66.3 Å². The minimum atomic E-state index is -0.379. The van der Waals surface area contributed by atoms with Crippen molar-refractivity contribution in [1.82, 2.24) is 4.90 Å². The summed E-state index contributed by atoms with van der Waals surface area (Å²) < 4.78 is 5.42. The van der Waals surface area contributed by atoms with E-state index in [2.05, 4.69) is 22.1 Å². The highest BCUT2D eigenvalue weighted by atomic mass is 32.1. The highest BCUT2D eigenvalue weighted by Crippen LogP contribution is 2.34. The van der Waals surface area contributed by atoms with Crippen molar-refractivity contribution >= 4 is 28.8 Å². The lowest BCUT2D eigenvalue weighted by Crippen LogP contribution is -2.30. The van der Waals surface area contributed by atoms with Crippen molar-refractivity contribution in [3.8, 4) is 0 Å². The molecule has 2 aliphatic rings. The van der Waals surface area contributed by atoms with Crippen molar-refractivity contribution in [2.45, 2.75) is 37.8 Å². The van der Waals surface area contributed by atoms with Crippen LogP contribution in [0.15, 0.2) is 41.1 Å². The van der Waals surface area contributed by atoms with E-state index in [-0.39, 0.29) is 24.0 Å². The Morgan fingerprint density at radius 3 is 2.88 bits per heavy atom. The summed E-state index contributed by atoms with van der Waals surface area (Å²) >= 11 is 1.66. The Labute approximate surface area is 157 Å². The van der Waals surface area contributed by atoms with Gasteiger partial charge in [0, 0.05) is 24.4 Å². The van der Waals surface area contributed by atoms with Gasteiger partial charge in [-0.15, -0.1) is 0 Å². The highest BCUT2D eigenvalue weighted by Gasteiger charge is 2.31. The van der Waals surface area contributed by atoms with Gasteiger partial charge in [0.1, 0.15) is 6.10 Å². The number of nitrogens with one attached hydrogen (secondary N) is 1. The van der Waals surface area contributed by atoms with Crippen molar-refractivity contribution in [3.63, 3.8) is 0 Å². The van der Waals surface area contributed by atoms with Gasteiger partial charge in [0.2, 0.25) is 0 Å². The number of hydrogen-bond acceptors (Lipinski definition) is 4. The Hall–Kier alpha value is -2.18. The van der Waals surface area contributed by atoms with Crippen molar-refractivity contribution in [2.75, 3.05) is 18.5 Å². The molecule has 0 radical (unpaired) electrons. The number of anilines is 1. The first kappa shape index (κ1) is 17.2. The number of nitrogens with zero attached hydrogens (tertiary/aromatic N) is 1. The Balaban J connectivity index is 1.48. The predicted molar refractivity (Wildman–Crippen MR) is 101 cm³/mol. The Morgan fingerprint density at radius 2 is 2.12 bits per heavy atom. The second kappa shape index (κ2) is 7.60. The van der Waals surface area contributed by atoms with E-state index in [1.165, 1.54) is 5.56 Å². The topological polar surface area (TPSA) is 58.6 Å². The molecule has 1 N–H and O–H groups in total. The second-order valence-electron chi connectivity index (χ2n) is 6.78. The van der Waals surface area contributed by atoms with Gasteiger partial charge in [0.05, 0.1) is 6.04 Å². The third-order valence-corrected chi connectivity index (χ3v) is 5.74. The molecule has 0 spiro atoms.